The third kappa shape index (κ3) is 7.64. The third-order valence-electron chi connectivity index (χ3n) is 3.82. The molecular weight excluding hydrogens is 389 g/mol. The van der Waals surface area contributed by atoms with Gasteiger partial charge in [0.15, 0.2) is 0 Å². The number of carbonyl (C=O) groups is 2. The van der Waals surface area contributed by atoms with E-state index in [4.69, 9.17) is 0 Å². The van der Waals surface area contributed by atoms with E-state index in [9.17, 15) is 22.8 Å². The van der Waals surface area contributed by atoms with Crippen LogP contribution in [0.4, 0.5) is 18.9 Å². The number of hydrogen-bond donors (Lipinski definition) is 2. The molecule has 0 spiro atoms. The van der Waals surface area contributed by atoms with Gasteiger partial charge >= 0.3 is 6.18 Å². The number of benzene rings is 2. The molecule has 0 atom stereocenters. The van der Waals surface area contributed by atoms with E-state index in [-0.39, 0.29) is 23.3 Å². The van der Waals surface area contributed by atoms with Gasteiger partial charge in [0.1, 0.15) is 0 Å². The van der Waals surface area contributed by atoms with Gasteiger partial charge in [-0.1, -0.05) is 29.8 Å². The Hall–Kier alpha value is -2.48. The van der Waals surface area contributed by atoms with Crippen molar-refractivity contribution >= 4 is 29.3 Å². The van der Waals surface area contributed by atoms with Crippen LogP contribution in [0.1, 0.15) is 16.7 Å². The van der Waals surface area contributed by atoms with Crippen LogP contribution in [0, 0.1) is 6.92 Å². The number of amides is 2. The number of nitrogens with one attached hydrogen (secondary N) is 2. The maximum absolute atomic E-state index is 12.5. The lowest BCUT2D eigenvalue weighted by atomic mass is 10.1. The van der Waals surface area contributed by atoms with Gasteiger partial charge in [0.2, 0.25) is 11.8 Å². The molecule has 4 nitrogen and oxygen atoms in total. The molecule has 0 aliphatic heterocycles. The van der Waals surface area contributed by atoms with E-state index >= 15 is 0 Å². The molecule has 0 radical (unpaired) electrons. The summed E-state index contributed by atoms with van der Waals surface area (Å²) in [7, 11) is 0. The first-order chi connectivity index (χ1) is 13.2. The molecule has 2 N–H and O–H groups in total. The monoisotopic (exact) mass is 410 g/mol. The molecule has 0 bridgehead atoms. The standard InChI is InChI=1S/C20H21F3N2O2S/c1-14-2-8-17(9-3-14)25-19(27)13-28-12-18(26)24-11-10-15-4-6-16(7-5-15)20(21,22)23/h2-9H,10-13H2,1H3,(H,24,26)(H,25,27). The van der Waals surface area contributed by atoms with Gasteiger partial charge in [-0.15, -0.1) is 11.8 Å². The summed E-state index contributed by atoms with van der Waals surface area (Å²) in [4.78, 5) is 23.6. The van der Waals surface area contributed by atoms with Gasteiger partial charge in [-0.3, -0.25) is 9.59 Å². The van der Waals surface area contributed by atoms with Crippen molar-refractivity contribution < 1.29 is 22.8 Å². The van der Waals surface area contributed by atoms with Crippen LogP contribution < -0.4 is 10.6 Å². The van der Waals surface area contributed by atoms with Gasteiger partial charge in [-0.25, -0.2) is 0 Å². The SMILES string of the molecule is Cc1ccc(NC(=O)CSCC(=O)NCCc2ccc(C(F)(F)F)cc2)cc1. The number of aryl methyl sites for hydroxylation is 1. The Balaban J connectivity index is 1.62. The lowest BCUT2D eigenvalue weighted by Crippen LogP contribution is -2.28. The third-order valence-corrected chi connectivity index (χ3v) is 4.75. The van der Waals surface area contributed by atoms with Gasteiger partial charge in [0, 0.05) is 12.2 Å². The highest BCUT2D eigenvalue weighted by molar-refractivity contribution is 8.00. The minimum absolute atomic E-state index is 0.133. The van der Waals surface area contributed by atoms with Gasteiger partial charge in [0.05, 0.1) is 17.1 Å². The van der Waals surface area contributed by atoms with E-state index in [0.29, 0.717) is 24.2 Å². The Morgan fingerprint density at radius 1 is 0.929 bits per heavy atom. The quantitative estimate of drug-likeness (QED) is 0.691. The first-order valence-corrected chi connectivity index (χ1v) is 9.76. The molecule has 0 saturated heterocycles. The fraction of sp³-hybridized carbons (Fsp3) is 0.300. The fourth-order valence-corrected chi connectivity index (χ4v) is 2.98. The summed E-state index contributed by atoms with van der Waals surface area (Å²) < 4.78 is 37.5. The number of anilines is 1. The molecule has 2 amide bonds. The van der Waals surface area contributed by atoms with Crippen molar-refractivity contribution in [3.05, 3.63) is 65.2 Å². The van der Waals surface area contributed by atoms with Crippen molar-refractivity contribution in [3.8, 4) is 0 Å². The predicted octanol–water partition coefficient (Wildman–Crippen LogP) is 4.04. The topological polar surface area (TPSA) is 58.2 Å². The fourth-order valence-electron chi connectivity index (χ4n) is 2.33. The summed E-state index contributed by atoms with van der Waals surface area (Å²) in [5, 5.41) is 5.44. The summed E-state index contributed by atoms with van der Waals surface area (Å²) in [6.45, 7) is 2.28. The Bertz CT molecular complexity index is 791. The predicted molar refractivity (Wildman–Crippen MR) is 105 cm³/mol. The Morgan fingerprint density at radius 3 is 2.14 bits per heavy atom. The smallest absolute Gasteiger partial charge is 0.355 e. The van der Waals surface area contributed by atoms with Gasteiger partial charge in [0.25, 0.3) is 0 Å². The Kier molecular flexibility index (Phi) is 7.92. The molecule has 8 heteroatoms. The zero-order chi connectivity index (χ0) is 20.6. The van der Waals surface area contributed by atoms with Crippen molar-refractivity contribution in [2.24, 2.45) is 0 Å². The number of rotatable bonds is 8. The summed E-state index contributed by atoms with van der Waals surface area (Å²) in [6, 6.07) is 12.3. The van der Waals surface area contributed by atoms with Crippen LogP contribution in [0.2, 0.25) is 0 Å². The molecule has 0 heterocycles. The molecule has 28 heavy (non-hydrogen) atoms. The Morgan fingerprint density at radius 2 is 1.54 bits per heavy atom. The summed E-state index contributed by atoms with van der Waals surface area (Å²) in [5.74, 6) is -0.124. The van der Waals surface area contributed by atoms with Crippen LogP contribution >= 0.6 is 11.8 Å². The molecule has 2 rings (SSSR count). The van der Waals surface area contributed by atoms with Crippen LogP contribution in [0.25, 0.3) is 0 Å². The molecule has 0 aliphatic carbocycles. The lowest BCUT2D eigenvalue weighted by molar-refractivity contribution is -0.137. The van der Waals surface area contributed by atoms with Crippen LogP contribution in [-0.2, 0) is 22.2 Å². The maximum atomic E-state index is 12.5. The highest BCUT2D eigenvalue weighted by Crippen LogP contribution is 2.29. The van der Waals surface area contributed by atoms with E-state index in [1.165, 1.54) is 23.9 Å². The summed E-state index contributed by atoms with van der Waals surface area (Å²) in [5.41, 5.74) is 1.82. The first kappa shape index (κ1) is 21.8. The zero-order valence-corrected chi connectivity index (χ0v) is 16.1. The summed E-state index contributed by atoms with van der Waals surface area (Å²) in [6.07, 6.45) is -3.92. The average molecular weight is 410 g/mol. The number of hydrogen-bond acceptors (Lipinski definition) is 3. The largest absolute Gasteiger partial charge is 0.416 e. The van der Waals surface area contributed by atoms with Gasteiger partial charge in [-0.2, -0.15) is 13.2 Å². The normalized spacial score (nSPS) is 11.1. The van der Waals surface area contributed by atoms with E-state index in [1.807, 2.05) is 31.2 Å². The van der Waals surface area contributed by atoms with Crippen molar-refractivity contribution in [3.63, 3.8) is 0 Å². The minimum atomic E-state index is -4.35. The Labute approximate surface area is 165 Å². The van der Waals surface area contributed by atoms with E-state index in [2.05, 4.69) is 10.6 Å². The molecule has 0 aliphatic rings. The highest BCUT2D eigenvalue weighted by Gasteiger charge is 2.29. The van der Waals surface area contributed by atoms with Crippen LogP contribution in [-0.4, -0.2) is 29.9 Å². The van der Waals surface area contributed by atoms with Crippen LogP contribution in [0.15, 0.2) is 48.5 Å². The van der Waals surface area contributed by atoms with Crippen molar-refractivity contribution in [1.29, 1.82) is 0 Å². The number of alkyl halides is 3. The van der Waals surface area contributed by atoms with Crippen molar-refractivity contribution in [2.75, 3.05) is 23.4 Å². The van der Waals surface area contributed by atoms with Gasteiger partial charge < -0.3 is 10.6 Å². The maximum Gasteiger partial charge on any atom is 0.416 e. The molecule has 150 valence electrons. The molecular formula is C20H21F3N2O2S. The zero-order valence-electron chi connectivity index (χ0n) is 15.3. The number of carbonyl (C=O) groups excluding carboxylic acids is 2. The molecule has 0 fully saturated rings. The molecule has 0 unspecified atom stereocenters. The lowest BCUT2D eigenvalue weighted by Gasteiger charge is -2.08. The molecule has 0 aromatic heterocycles. The van der Waals surface area contributed by atoms with Crippen molar-refractivity contribution in [2.45, 2.75) is 19.5 Å². The molecule has 2 aromatic carbocycles. The van der Waals surface area contributed by atoms with Gasteiger partial charge in [-0.05, 0) is 43.2 Å². The second-order valence-corrected chi connectivity index (χ2v) is 7.19. The number of halogens is 3. The highest BCUT2D eigenvalue weighted by atomic mass is 32.2. The minimum Gasteiger partial charge on any atom is -0.355 e. The second-order valence-electron chi connectivity index (χ2n) is 6.20. The molecule has 0 saturated carbocycles. The van der Waals surface area contributed by atoms with Crippen molar-refractivity contribution in [1.82, 2.24) is 5.32 Å². The van der Waals surface area contributed by atoms with E-state index in [1.54, 1.807) is 0 Å². The first-order valence-electron chi connectivity index (χ1n) is 8.61. The van der Waals surface area contributed by atoms with E-state index < -0.39 is 11.7 Å². The summed E-state index contributed by atoms with van der Waals surface area (Å²) >= 11 is 1.19. The molecule has 2 aromatic rings. The second kappa shape index (κ2) is 10.2. The van der Waals surface area contributed by atoms with E-state index in [0.717, 1.165) is 17.7 Å². The van der Waals surface area contributed by atoms with Crippen LogP contribution in [0.3, 0.4) is 0 Å². The number of thioether (sulfide) groups is 1. The average Bonchev–Trinajstić information content (AvgIpc) is 2.63. The van der Waals surface area contributed by atoms with Crippen LogP contribution in [0.5, 0.6) is 0 Å².